The Balaban J connectivity index is 0.000000921. The molecule has 0 fully saturated rings. The minimum Gasteiger partial charge on any atom is -0.317 e. The van der Waals surface area contributed by atoms with E-state index >= 15 is 0 Å². The van der Waals surface area contributed by atoms with Crippen LogP contribution in [0.15, 0.2) is 30.3 Å². The van der Waals surface area contributed by atoms with E-state index in [2.05, 4.69) is 42.6 Å². The van der Waals surface area contributed by atoms with Crippen LogP contribution in [0.25, 0.3) is 0 Å². The van der Waals surface area contributed by atoms with E-state index in [0.717, 1.165) is 0 Å². The van der Waals surface area contributed by atoms with Crippen LogP contribution in [0.3, 0.4) is 0 Å². The van der Waals surface area contributed by atoms with Crippen molar-refractivity contribution < 1.29 is 0 Å². The summed E-state index contributed by atoms with van der Waals surface area (Å²) in [6, 6.07) is 11.3. The molecule has 1 unspecified atom stereocenters. The predicted octanol–water partition coefficient (Wildman–Crippen LogP) is 3.64. The summed E-state index contributed by atoms with van der Waals surface area (Å²) in [5.74, 6) is 0. The molecular formula is C14H25N. The summed E-state index contributed by atoms with van der Waals surface area (Å²) in [5.41, 5.74) is 1.44. The maximum atomic E-state index is 3.32. The number of nitrogens with one attached hydrogen (secondary N) is 1. The Morgan fingerprint density at radius 2 is 1.73 bits per heavy atom. The van der Waals surface area contributed by atoms with E-state index in [0.29, 0.717) is 6.04 Å². The van der Waals surface area contributed by atoms with Crippen molar-refractivity contribution in [1.82, 2.24) is 5.32 Å². The van der Waals surface area contributed by atoms with Crippen LogP contribution < -0.4 is 5.32 Å². The molecule has 0 aliphatic heterocycles. The van der Waals surface area contributed by atoms with E-state index in [1.54, 1.807) is 0 Å². The highest BCUT2D eigenvalue weighted by Crippen LogP contribution is 2.06. The molecule has 1 aromatic carbocycles. The number of benzene rings is 1. The highest BCUT2D eigenvalue weighted by atomic mass is 14.9. The molecule has 0 radical (unpaired) electrons. The molecule has 0 amide bonds. The largest absolute Gasteiger partial charge is 0.317 e. The molecule has 0 saturated carbocycles. The molecule has 86 valence electrons. The number of hydrogen-bond acceptors (Lipinski definition) is 1. The molecule has 1 atom stereocenters. The second kappa shape index (κ2) is 9.72. The standard InChI is InChI=1S/C12H19N.C2H6/c1-3-12(13-2)10-9-11-7-5-4-6-8-11;1-2/h4-8,12-13H,3,9-10H2,1-2H3;1-2H3. The van der Waals surface area contributed by atoms with Crippen LogP contribution in [0.2, 0.25) is 0 Å². The first kappa shape index (κ1) is 14.2. The van der Waals surface area contributed by atoms with Gasteiger partial charge in [0.05, 0.1) is 0 Å². The zero-order chi connectivity index (χ0) is 11.5. The molecule has 0 saturated heterocycles. The normalized spacial score (nSPS) is 11.5. The van der Waals surface area contributed by atoms with Crippen molar-refractivity contribution in [2.24, 2.45) is 0 Å². The van der Waals surface area contributed by atoms with Crippen LogP contribution in [0.1, 0.15) is 39.2 Å². The minimum absolute atomic E-state index is 0.667. The fourth-order valence-electron chi connectivity index (χ4n) is 1.54. The maximum absolute atomic E-state index is 3.32. The third-order valence-corrected chi connectivity index (χ3v) is 2.53. The first-order valence-corrected chi connectivity index (χ1v) is 6.08. The molecule has 1 heteroatoms. The summed E-state index contributed by atoms with van der Waals surface area (Å²) in [4.78, 5) is 0. The third kappa shape index (κ3) is 6.29. The van der Waals surface area contributed by atoms with Crippen LogP contribution in [0.5, 0.6) is 0 Å². The molecule has 15 heavy (non-hydrogen) atoms. The van der Waals surface area contributed by atoms with E-state index < -0.39 is 0 Å². The van der Waals surface area contributed by atoms with Gasteiger partial charge in [-0.15, -0.1) is 0 Å². The fraction of sp³-hybridized carbons (Fsp3) is 0.571. The Labute approximate surface area is 94.9 Å². The van der Waals surface area contributed by atoms with Gasteiger partial charge >= 0.3 is 0 Å². The average molecular weight is 207 g/mol. The summed E-state index contributed by atoms with van der Waals surface area (Å²) in [7, 11) is 2.04. The lowest BCUT2D eigenvalue weighted by Gasteiger charge is -2.12. The van der Waals surface area contributed by atoms with Crippen molar-refractivity contribution in [2.45, 2.75) is 46.1 Å². The van der Waals surface area contributed by atoms with Crippen molar-refractivity contribution in [2.75, 3.05) is 7.05 Å². The van der Waals surface area contributed by atoms with Crippen LogP contribution >= 0.6 is 0 Å². The molecule has 0 spiro atoms. The Bertz CT molecular complexity index is 214. The molecule has 1 N–H and O–H groups in total. The number of hydrogen-bond donors (Lipinski definition) is 1. The smallest absolute Gasteiger partial charge is 0.00646 e. The van der Waals surface area contributed by atoms with Crippen molar-refractivity contribution in [3.63, 3.8) is 0 Å². The molecule has 0 heterocycles. The summed E-state index contributed by atoms with van der Waals surface area (Å²) in [5, 5.41) is 3.32. The van der Waals surface area contributed by atoms with E-state index in [9.17, 15) is 0 Å². The van der Waals surface area contributed by atoms with E-state index in [4.69, 9.17) is 0 Å². The topological polar surface area (TPSA) is 12.0 Å². The van der Waals surface area contributed by atoms with Gasteiger partial charge in [-0.1, -0.05) is 51.1 Å². The second-order valence-electron chi connectivity index (χ2n) is 3.42. The van der Waals surface area contributed by atoms with Gasteiger partial charge < -0.3 is 5.32 Å². The van der Waals surface area contributed by atoms with Gasteiger partial charge in [-0.3, -0.25) is 0 Å². The number of rotatable bonds is 5. The van der Waals surface area contributed by atoms with Gasteiger partial charge in [0.15, 0.2) is 0 Å². The molecular weight excluding hydrogens is 182 g/mol. The van der Waals surface area contributed by atoms with Gasteiger partial charge in [0, 0.05) is 6.04 Å². The van der Waals surface area contributed by atoms with Gasteiger partial charge in [0.1, 0.15) is 0 Å². The quantitative estimate of drug-likeness (QED) is 0.777. The van der Waals surface area contributed by atoms with Gasteiger partial charge in [-0.05, 0) is 31.9 Å². The highest BCUT2D eigenvalue weighted by molar-refractivity contribution is 5.14. The van der Waals surface area contributed by atoms with Crippen molar-refractivity contribution in [3.8, 4) is 0 Å². The maximum Gasteiger partial charge on any atom is 0.00646 e. The van der Waals surface area contributed by atoms with Crippen molar-refractivity contribution >= 4 is 0 Å². The monoisotopic (exact) mass is 207 g/mol. The Morgan fingerprint density at radius 1 is 1.13 bits per heavy atom. The molecule has 0 aromatic heterocycles. The molecule has 1 rings (SSSR count). The lowest BCUT2D eigenvalue weighted by Crippen LogP contribution is -2.24. The van der Waals surface area contributed by atoms with E-state index in [-0.39, 0.29) is 0 Å². The van der Waals surface area contributed by atoms with Crippen LogP contribution in [-0.4, -0.2) is 13.1 Å². The summed E-state index contributed by atoms with van der Waals surface area (Å²) < 4.78 is 0. The zero-order valence-electron chi connectivity index (χ0n) is 10.6. The second-order valence-corrected chi connectivity index (χ2v) is 3.42. The molecule has 0 aliphatic rings. The Kier molecular flexibility index (Phi) is 9.19. The van der Waals surface area contributed by atoms with E-state index in [1.165, 1.54) is 24.8 Å². The van der Waals surface area contributed by atoms with Crippen LogP contribution in [0.4, 0.5) is 0 Å². The van der Waals surface area contributed by atoms with Gasteiger partial charge in [-0.2, -0.15) is 0 Å². The third-order valence-electron chi connectivity index (χ3n) is 2.53. The Morgan fingerprint density at radius 3 is 2.20 bits per heavy atom. The van der Waals surface area contributed by atoms with Crippen LogP contribution in [-0.2, 0) is 6.42 Å². The van der Waals surface area contributed by atoms with Gasteiger partial charge in [-0.25, -0.2) is 0 Å². The zero-order valence-corrected chi connectivity index (χ0v) is 10.6. The summed E-state index contributed by atoms with van der Waals surface area (Å²) in [6.45, 7) is 6.23. The van der Waals surface area contributed by atoms with Crippen LogP contribution in [0, 0.1) is 0 Å². The highest BCUT2D eigenvalue weighted by Gasteiger charge is 2.02. The SMILES string of the molecule is CC.CCC(CCc1ccccc1)NC. The average Bonchev–Trinajstić information content (AvgIpc) is 2.34. The first-order chi connectivity index (χ1) is 7.36. The van der Waals surface area contributed by atoms with Crippen molar-refractivity contribution in [3.05, 3.63) is 35.9 Å². The molecule has 0 aliphatic carbocycles. The van der Waals surface area contributed by atoms with Gasteiger partial charge in [0.25, 0.3) is 0 Å². The fourth-order valence-corrected chi connectivity index (χ4v) is 1.54. The lowest BCUT2D eigenvalue weighted by molar-refractivity contribution is 0.509. The first-order valence-electron chi connectivity index (χ1n) is 6.08. The Hall–Kier alpha value is -0.820. The molecule has 0 bridgehead atoms. The lowest BCUT2D eigenvalue weighted by atomic mass is 10.0. The predicted molar refractivity (Wildman–Crippen MR) is 69.2 cm³/mol. The molecule has 1 nitrogen and oxygen atoms in total. The number of aryl methyl sites for hydroxylation is 1. The van der Waals surface area contributed by atoms with E-state index in [1.807, 2.05) is 20.9 Å². The van der Waals surface area contributed by atoms with Gasteiger partial charge in [0.2, 0.25) is 0 Å². The summed E-state index contributed by atoms with van der Waals surface area (Å²) >= 11 is 0. The minimum atomic E-state index is 0.667. The van der Waals surface area contributed by atoms with Crippen molar-refractivity contribution in [1.29, 1.82) is 0 Å². The molecule has 1 aromatic rings. The summed E-state index contributed by atoms with van der Waals surface area (Å²) in [6.07, 6.45) is 3.63.